The number of rotatable bonds is 7. The molecule has 4 heteroatoms. The SMILES string of the molecule is c1ccc(-c2ccc3c(c2)oc2ccccc23)c(-c2ccc(N(c3ccc(-c4cccc5oc6ccccc6c45)cc3)c3ccc(-c4cccc5sc6ccccc6c45)cc3)cc2)c1. The molecule has 64 heavy (non-hydrogen) atoms. The van der Waals surface area contributed by atoms with Crippen LogP contribution in [0.25, 0.3) is 109 Å². The Morgan fingerprint density at radius 2 is 0.719 bits per heavy atom. The molecule has 13 rings (SSSR count). The van der Waals surface area contributed by atoms with E-state index in [2.05, 4.69) is 205 Å². The minimum Gasteiger partial charge on any atom is -0.456 e. The first-order chi connectivity index (χ1) is 31.7. The average Bonchev–Trinajstić information content (AvgIpc) is 4.06. The lowest BCUT2D eigenvalue weighted by Crippen LogP contribution is -2.09. The van der Waals surface area contributed by atoms with Gasteiger partial charge in [0, 0.05) is 58.8 Å². The molecule has 300 valence electrons. The molecule has 0 atom stereocenters. The van der Waals surface area contributed by atoms with Crippen molar-refractivity contribution in [3.05, 3.63) is 224 Å². The topological polar surface area (TPSA) is 29.5 Å². The molecule has 0 radical (unpaired) electrons. The van der Waals surface area contributed by atoms with E-state index in [9.17, 15) is 0 Å². The van der Waals surface area contributed by atoms with E-state index in [4.69, 9.17) is 8.83 Å². The Labute approximate surface area is 373 Å². The lowest BCUT2D eigenvalue weighted by atomic mass is 9.94. The van der Waals surface area contributed by atoms with Gasteiger partial charge >= 0.3 is 0 Å². The van der Waals surface area contributed by atoms with Gasteiger partial charge in [-0.1, -0.05) is 146 Å². The highest BCUT2D eigenvalue weighted by Gasteiger charge is 2.18. The first-order valence-electron chi connectivity index (χ1n) is 21.6. The molecule has 3 heterocycles. The fourth-order valence-electron chi connectivity index (χ4n) is 9.73. The Kier molecular flexibility index (Phi) is 8.40. The van der Waals surface area contributed by atoms with Crippen LogP contribution in [0.15, 0.2) is 233 Å². The minimum absolute atomic E-state index is 0.895. The largest absolute Gasteiger partial charge is 0.456 e. The molecular formula is C60H37NO2S. The van der Waals surface area contributed by atoms with Crippen molar-refractivity contribution in [1.82, 2.24) is 0 Å². The van der Waals surface area contributed by atoms with E-state index in [-0.39, 0.29) is 0 Å². The van der Waals surface area contributed by atoms with Gasteiger partial charge in [0.15, 0.2) is 0 Å². The van der Waals surface area contributed by atoms with Crippen molar-refractivity contribution >= 4 is 92.4 Å². The van der Waals surface area contributed by atoms with Gasteiger partial charge in [0.2, 0.25) is 0 Å². The number of para-hydroxylation sites is 2. The van der Waals surface area contributed by atoms with Crippen LogP contribution in [-0.2, 0) is 0 Å². The fraction of sp³-hybridized carbons (Fsp3) is 0. The summed E-state index contributed by atoms with van der Waals surface area (Å²) in [5.74, 6) is 0. The van der Waals surface area contributed by atoms with Crippen LogP contribution in [0.4, 0.5) is 17.1 Å². The Balaban J connectivity index is 0.902. The van der Waals surface area contributed by atoms with Crippen LogP contribution in [0.2, 0.25) is 0 Å². The average molecular weight is 836 g/mol. The maximum absolute atomic E-state index is 6.31. The lowest BCUT2D eigenvalue weighted by molar-refractivity contribution is 0.668. The Hall–Kier alpha value is -8.18. The van der Waals surface area contributed by atoms with Gasteiger partial charge in [-0.05, 0) is 123 Å². The second-order valence-corrected chi connectivity index (χ2v) is 17.5. The molecule has 0 bridgehead atoms. The highest BCUT2D eigenvalue weighted by atomic mass is 32.1. The fourth-order valence-corrected chi connectivity index (χ4v) is 10.9. The van der Waals surface area contributed by atoms with Crippen molar-refractivity contribution in [3.8, 4) is 44.5 Å². The molecule has 10 aromatic carbocycles. The molecule has 0 saturated carbocycles. The summed E-state index contributed by atoms with van der Waals surface area (Å²) in [6.07, 6.45) is 0. The molecule has 13 aromatic rings. The number of nitrogens with zero attached hydrogens (tertiary/aromatic N) is 1. The molecule has 0 amide bonds. The number of anilines is 3. The van der Waals surface area contributed by atoms with Crippen LogP contribution in [0.1, 0.15) is 0 Å². The van der Waals surface area contributed by atoms with Crippen molar-refractivity contribution in [3.63, 3.8) is 0 Å². The van der Waals surface area contributed by atoms with Crippen molar-refractivity contribution in [2.75, 3.05) is 4.90 Å². The van der Waals surface area contributed by atoms with Gasteiger partial charge in [-0.15, -0.1) is 11.3 Å². The summed E-state index contributed by atoms with van der Waals surface area (Å²) < 4.78 is 15.2. The number of fused-ring (bicyclic) bond motifs is 9. The number of hydrogen-bond donors (Lipinski definition) is 0. The summed E-state index contributed by atoms with van der Waals surface area (Å²) in [6.45, 7) is 0. The molecule has 0 aliphatic rings. The third kappa shape index (κ3) is 5.95. The predicted octanol–water partition coefficient (Wildman–Crippen LogP) is 18.0. The summed E-state index contributed by atoms with van der Waals surface area (Å²) in [5.41, 5.74) is 16.2. The van der Waals surface area contributed by atoms with E-state index < -0.39 is 0 Å². The zero-order chi connectivity index (χ0) is 42.1. The number of benzene rings is 10. The van der Waals surface area contributed by atoms with Gasteiger partial charge in [0.1, 0.15) is 22.3 Å². The normalized spacial score (nSPS) is 11.8. The summed E-state index contributed by atoms with van der Waals surface area (Å²) in [6, 6.07) is 80.5. The molecule has 0 unspecified atom stereocenters. The summed E-state index contributed by atoms with van der Waals surface area (Å²) in [4.78, 5) is 2.35. The molecule has 3 nitrogen and oxygen atoms in total. The molecule has 0 saturated heterocycles. The van der Waals surface area contributed by atoms with E-state index in [1.165, 1.54) is 36.9 Å². The monoisotopic (exact) mass is 835 g/mol. The Bertz CT molecular complexity index is 3730. The van der Waals surface area contributed by atoms with Gasteiger partial charge in [-0.2, -0.15) is 0 Å². The zero-order valence-corrected chi connectivity index (χ0v) is 35.4. The molecular weight excluding hydrogens is 799 g/mol. The number of furan rings is 2. The van der Waals surface area contributed by atoms with Crippen LogP contribution in [0, 0.1) is 0 Å². The third-order valence-corrected chi connectivity index (χ3v) is 13.9. The van der Waals surface area contributed by atoms with Gasteiger partial charge in [-0.25, -0.2) is 0 Å². The highest BCUT2D eigenvalue weighted by molar-refractivity contribution is 7.25. The summed E-state index contributed by atoms with van der Waals surface area (Å²) in [7, 11) is 0. The molecule has 0 N–H and O–H groups in total. The van der Waals surface area contributed by atoms with Crippen LogP contribution in [0.5, 0.6) is 0 Å². The second-order valence-electron chi connectivity index (χ2n) is 16.4. The van der Waals surface area contributed by atoms with Crippen molar-refractivity contribution in [2.24, 2.45) is 0 Å². The summed E-state index contributed by atoms with van der Waals surface area (Å²) >= 11 is 1.86. The maximum Gasteiger partial charge on any atom is 0.136 e. The van der Waals surface area contributed by atoms with Crippen LogP contribution < -0.4 is 4.90 Å². The zero-order valence-electron chi connectivity index (χ0n) is 34.5. The van der Waals surface area contributed by atoms with Gasteiger partial charge < -0.3 is 13.7 Å². The summed E-state index contributed by atoms with van der Waals surface area (Å²) in [5, 5.41) is 7.16. The highest BCUT2D eigenvalue weighted by Crippen LogP contribution is 2.44. The number of thiophene rings is 1. The lowest BCUT2D eigenvalue weighted by Gasteiger charge is -2.26. The van der Waals surface area contributed by atoms with Crippen molar-refractivity contribution < 1.29 is 8.83 Å². The predicted molar refractivity (Wildman–Crippen MR) is 270 cm³/mol. The van der Waals surface area contributed by atoms with E-state index in [1.54, 1.807) is 0 Å². The first-order valence-corrected chi connectivity index (χ1v) is 22.5. The van der Waals surface area contributed by atoms with E-state index >= 15 is 0 Å². The van der Waals surface area contributed by atoms with Gasteiger partial charge in [-0.3, -0.25) is 0 Å². The van der Waals surface area contributed by atoms with Crippen LogP contribution in [-0.4, -0.2) is 0 Å². The smallest absolute Gasteiger partial charge is 0.136 e. The molecule has 0 aliphatic heterocycles. The van der Waals surface area contributed by atoms with E-state index in [0.29, 0.717) is 0 Å². The number of hydrogen-bond acceptors (Lipinski definition) is 4. The standard InChI is InChI=1S/C60H37NO2S/c1-2-12-46(41-29-36-50-49-13-3-6-18-53(49)63-56(50)37-41)45(11-1)38-23-30-42(31-24-38)61(43-32-25-39(26-33-43)47-16-9-20-55-59(47)51-14-4-7-19-54(51)62-55)44-34-27-40(28-35-44)48-17-10-22-58-60(48)52-15-5-8-21-57(52)64-58/h1-37H. The molecule has 3 aromatic heterocycles. The quantitative estimate of drug-likeness (QED) is 0.160. The van der Waals surface area contributed by atoms with Gasteiger partial charge in [0.05, 0.1) is 0 Å². The Morgan fingerprint density at radius 3 is 1.41 bits per heavy atom. The van der Waals surface area contributed by atoms with E-state index in [1.807, 2.05) is 35.6 Å². The Morgan fingerprint density at radius 1 is 0.281 bits per heavy atom. The third-order valence-electron chi connectivity index (χ3n) is 12.7. The molecule has 0 fully saturated rings. The van der Waals surface area contributed by atoms with Gasteiger partial charge in [0.25, 0.3) is 0 Å². The molecule has 0 aliphatic carbocycles. The molecule has 0 spiro atoms. The van der Waals surface area contributed by atoms with Crippen molar-refractivity contribution in [2.45, 2.75) is 0 Å². The second kappa shape index (κ2) is 14.7. The maximum atomic E-state index is 6.31. The van der Waals surface area contributed by atoms with Crippen molar-refractivity contribution in [1.29, 1.82) is 0 Å². The minimum atomic E-state index is 0.895. The van der Waals surface area contributed by atoms with E-state index in [0.717, 1.165) is 88.8 Å². The van der Waals surface area contributed by atoms with Crippen LogP contribution >= 0.6 is 11.3 Å². The first kappa shape index (κ1) is 36.5. The van der Waals surface area contributed by atoms with Crippen LogP contribution in [0.3, 0.4) is 0 Å².